The van der Waals surface area contributed by atoms with Crippen LogP contribution in [0.15, 0.2) is 57.9 Å². The van der Waals surface area contributed by atoms with E-state index in [1.807, 2.05) is 36.4 Å². The van der Waals surface area contributed by atoms with Crippen molar-refractivity contribution in [3.05, 3.63) is 65.4 Å². The molecule has 0 fully saturated rings. The lowest BCUT2D eigenvalue weighted by Gasteiger charge is -2.12. The number of ether oxygens (including phenoxy) is 1. The minimum absolute atomic E-state index is 0.142. The van der Waals surface area contributed by atoms with Crippen molar-refractivity contribution in [1.82, 2.24) is 10.6 Å². The lowest BCUT2D eigenvalue weighted by molar-refractivity contribution is -0.119. The molecule has 0 saturated carbocycles. The number of rotatable bonds is 7. The van der Waals surface area contributed by atoms with Crippen LogP contribution in [0.3, 0.4) is 0 Å². The highest BCUT2D eigenvalue weighted by Gasteiger charge is 2.10. The third-order valence-electron chi connectivity index (χ3n) is 4.32. The summed E-state index contributed by atoms with van der Waals surface area (Å²) in [4.78, 5) is 15.1. The van der Waals surface area contributed by atoms with Crippen molar-refractivity contribution in [3.63, 3.8) is 0 Å². The van der Waals surface area contributed by atoms with Gasteiger partial charge in [-0.05, 0) is 30.7 Å². The van der Waals surface area contributed by atoms with Crippen LogP contribution in [0.4, 0.5) is 0 Å². The van der Waals surface area contributed by atoms with E-state index in [1.54, 1.807) is 13.1 Å². The Morgan fingerprint density at radius 1 is 1.14 bits per heavy atom. The zero-order valence-corrected chi connectivity index (χ0v) is 16.0. The third-order valence-corrected chi connectivity index (χ3v) is 4.32. The van der Waals surface area contributed by atoms with Gasteiger partial charge >= 0.3 is 0 Å². The van der Waals surface area contributed by atoms with Gasteiger partial charge in [0.15, 0.2) is 12.6 Å². The number of aliphatic imine (C=N–C) groups is 1. The number of hydrogen-bond donors (Lipinski definition) is 3. The predicted molar refractivity (Wildman–Crippen MR) is 109 cm³/mol. The Hall–Kier alpha value is -3.48. The average Bonchev–Trinajstić information content (AvgIpc) is 3.03. The van der Waals surface area contributed by atoms with E-state index in [0.717, 1.165) is 27.9 Å². The first kappa shape index (κ1) is 19.3. The number of primary amides is 1. The molecule has 1 aromatic heterocycles. The second-order valence-electron chi connectivity index (χ2n) is 6.33. The van der Waals surface area contributed by atoms with Gasteiger partial charge in [0.1, 0.15) is 17.1 Å². The molecule has 0 radical (unpaired) electrons. The first-order valence-electron chi connectivity index (χ1n) is 8.98. The van der Waals surface area contributed by atoms with Gasteiger partial charge in [-0.2, -0.15) is 0 Å². The molecule has 4 N–H and O–H groups in total. The van der Waals surface area contributed by atoms with Crippen molar-refractivity contribution in [2.24, 2.45) is 10.7 Å². The molecule has 0 aliphatic carbocycles. The summed E-state index contributed by atoms with van der Waals surface area (Å²) in [5, 5.41) is 7.64. The van der Waals surface area contributed by atoms with Gasteiger partial charge in [-0.15, -0.1) is 0 Å². The number of aryl methyl sites for hydroxylation is 1. The fourth-order valence-corrected chi connectivity index (χ4v) is 2.86. The summed E-state index contributed by atoms with van der Waals surface area (Å²) in [6, 6.07) is 15.4. The number of guanidine groups is 1. The third kappa shape index (κ3) is 4.82. The molecule has 0 bridgehead atoms. The van der Waals surface area contributed by atoms with Crippen LogP contribution < -0.4 is 21.1 Å². The molecular formula is C21H24N4O3. The molecular weight excluding hydrogens is 356 g/mol. The van der Waals surface area contributed by atoms with Crippen molar-refractivity contribution >= 4 is 22.8 Å². The smallest absolute Gasteiger partial charge is 0.255 e. The number of furan rings is 1. The summed E-state index contributed by atoms with van der Waals surface area (Å²) in [5.74, 6) is 1.63. The molecule has 0 atom stereocenters. The van der Waals surface area contributed by atoms with E-state index in [0.29, 0.717) is 24.8 Å². The maximum atomic E-state index is 10.8. The number of amides is 1. The zero-order valence-electron chi connectivity index (χ0n) is 16.0. The van der Waals surface area contributed by atoms with Gasteiger partial charge in [0, 0.05) is 24.5 Å². The van der Waals surface area contributed by atoms with Crippen LogP contribution in [0.25, 0.3) is 11.0 Å². The van der Waals surface area contributed by atoms with Crippen LogP contribution in [0.1, 0.15) is 16.9 Å². The zero-order chi connectivity index (χ0) is 19.9. The van der Waals surface area contributed by atoms with E-state index < -0.39 is 5.91 Å². The summed E-state index contributed by atoms with van der Waals surface area (Å²) in [6.45, 7) is 2.99. The molecule has 0 unspecified atom stereocenters. The van der Waals surface area contributed by atoms with Crippen LogP contribution >= 0.6 is 0 Å². The van der Waals surface area contributed by atoms with Crippen molar-refractivity contribution in [2.75, 3.05) is 13.7 Å². The number of nitrogens with two attached hydrogens (primary N) is 1. The summed E-state index contributed by atoms with van der Waals surface area (Å²) in [5.41, 5.74) is 8.10. The summed E-state index contributed by atoms with van der Waals surface area (Å²) < 4.78 is 11.2. The van der Waals surface area contributed by atoms with Gasteiger partial charge in [-0.1, -0.05) is 30.3 Å². The van der Waals surface area contributed by atoms with E-state index in [2.05, 4.69) is 28.6 Å². The summed E-state index contributed by atoms with van der Waals surface area (Å²) >= 11 is 0. The SMILES string of the molecule is CN=C(NCc1cccc(OCC(N)=O)c1)NCc1oc2ccccc2c1C. The maximum Gasteiger partial charge on any atom is 0.255 e. The van der Waals surface area contributed by atoms with E-state index >= 15 is 0 Å². The van der Waals surface area contributed by atoms with Crippen LogP contribution in [0.5, 0.6) is 5.75 Å². The quantitative estimate of drug-likeness (QED) is 0.432. The van der Waals surface area contributed by atoms with Gasteiger partial charge in [0.05, 0.1) is 6.54 Å². The normalized spacial score (nSPS) is 11.4. The van der Waals surface area contributed by atoms with E-state index in [1.165, 1.54) is 0 Å². The molecule has 3 rings (SSSR count). The van der Waals surface area contributed by atoms with Crippen LogP contribution in [0.2, 0.25) is 0 Å². The largest absolute Gasteiger partial charge is 0.484 e. The predicted octanol–water partition coefficient (Wildman–Crippen LogP) is 2.47. The van der Waals surface area contributed by atoms with Crippen LogP contribution in [0, 0.1) is 6.92 Å². The Balaban J connectivity index is 1.57. The lowest BCUT2D eigenvalue weighted by atomic mass is 10.1. The molecule has 7 heteroatoms. The molecule has 0 aliphatic rings. The number of para-hydroxylation sites is 1. The standard InChI is InChI=1S/C21H24N4O3/c1-14-17-8-3-4-9-18(17)28-19(14)12-25-21(23-2)24-11-15-6-5-7-16(10-15)27-13-20(22)26/h3-10H,11-13H2,1-2H3,(H2,22,26)(H2,23,24,25). The van der Waals surface area contributed by atoms with Crippen molar-refractivity contribution in [3.8, 4) is 5.75 Å². The van der Waals surface area contributed by atoms with Crippen molar-refractivity contribution < 1.29 is 13.9 Å². The van der Waals surface area contributed by atoms with E-state index in [-0.39, 0.29) is 6.61 Å². The van der Waals surface area contributed by atoms with Gasteiger partial charge in [-0.25, -0.2) is 0 Å². The van der Waals surface area contributed by atoms with Gasteiger partial charge in [0.2, 0.25) is 0 Å². The Bertz CT molecular complexity index is 994. The lowest BCUT2D eigenvalue weighted by Crippen LogP contribution is -2.36. The number of carbonyl (C=O) groups excluding carboxylic acids is 1. The van der Waals surface area contributed by atoms with Crippen molar-refractivity contribution in [1.29, 1.82) is 0 Å². The molecule has 2 aromatic carbocycles. The van der Waals surface area contributed by atoms with Gasteiger partial charge in [-0.3, -0.25) is 9.79 Å². The minimum Gasteiger partial charge on any atom is -0.484 e. The summed E-state index contributed by atoms with van der Waals surface area (Å²) in [6.07, 6.45) is 0. The maximum absolute atomic E-state index is 10.8. The molecule has 1 heterocycles. The Labute approximate surface area is 163 Å². The highest BCUT2D eigenvalue weighted by Crippen LogP contribution is 2.24. The van der Waals surface area contributed by atoms with Crippen LogP contribution in [-0.4, -0.2) is 25.5 Å². The first-order valence-corrected chi connectivity index (χ1v) is 8.98. The highest BCUT2D eigenvalue weighted by molar-refractivity contribution is 5.83. The molecule has 1 amide bonds. The number of carbonyl (C=O) groups is 1. The fourth-order valence-electron chi connectivity index (χ4n) is 2.86. The van der Waals surface area contributed by atoms with Gasteiger partial charge < -0.3 is 25.5 Å². The second-order valence-corrected chi connectivity index (χ2v) is 6.33. The molecule has 7 nitrogen and oxygen atoms in total. The molecule has 3 aromatic rings. The second kappa shape index (κ2) is 8.94. The molecule has 0 spiro atoms. The Kier molecular flexibility index (Phi) is 6.16. The Morgan fingerprint density at radius 3 is 2.68 bits per heavy atom. The molecule has 28 heavy (non-hydrogen) atoms. The molecule has 146 valence electrons. The van der Waals surface area contributed by atoms with Gasteiger partial charge in [0.25, 0.3) is 5.91 Å². The van der Waals surface area contributed by atoms with Crippen LogP contribution in [-0.2, 0) is 17.9 Å². The number of nitrogens with zero attached hydrogens (tertiary/aromatic N) is 1. The number of fused-ring (bicyclic) bond motifs is 1. The van der Waals surface area contributed by atoms with Crippen molar-refractivity contribution in [2.45, 2.75) is 20.0 Å². The van der Waals surface area contributed by atoms with E-state index in [4.69, 9.17) is 14.9 Å². The number of hydrogen-bond acceptors (Lipinski definition) is 4. The number of nitrogens with one attached hydrogen (secondary N) is 2. The topological polar surface area (TPSA) is 102 Å². The average molecular weight is 380 g/mol. The molecule has 0 aliphatic heterocycles. The minimum atomic E-state index is -0.506. The van der Waals surface area contributed by atoms with E-state index in [9.17, 15) is 4.79 Å². The first-order chi connectivity index (χ1) is 13.6. The monoisotopic (exact) mass is 380 g/mol. The highest BCUT2D eigenvalue weighted by atomic mass is 16.5. The summed E-state index contributed by atoms with van der Waals surface area (Å²) in [7, 11) is 1.72. The number of benzene rings is 2. The Morgan fingerprint density at radius 2 is 1.93 bits per heavy atom. The molecule has 0 saturated heterocycles. The fraction of sp³-hybridized carbons (Fsp3) is 0.238.